The third kappa shape index (κ3) is 2.21. The van der Waals surface area contributed by atoms with E-state index in [9.17, 15) is 4.79 Å². The van der Waals surface area contributed by atoms with Crippen molar-refractivity contribution in [2.45, 2.75) is 111 Å². The predicted octanol–water partition coefficient (Wildman–Crippen LogP) is 12.4. The molecule has 0 amide bonds. The fraction of sp³-hybridized carbons (Fsp3) is 0.393. The maximum absolute atomic E-state index is 13.3. The summed E-state index contributed by atoms with van der Waals surface area (Å²) < 4.78 is 5.46. The zero-order valence-electron chi connectivity index (χ0n) is 35.4. The van der Waals surface area contributed by atoms with E-state index < -0.39 is 0 Å². The molecule has 2 spiro atoms. The molecule has 0 saturated heterocycles. The average Bonchev–Trinajstić information content (AvgIpc) is 4.04. The van der Waals surface area contributed by atoms with Crippen LogP contribution < -0.4 is 5.22 Å². The number of hydrogen-bond donors (Lipinski definition) is 0. The van der Waals surface area contributed by atoms with E-state index in [0.717, 1.165) is 12.8 Å². The molecule has 12 atom stereocenters. The fourth-order valence-corrected chi connectivity index (χ4v) is 23.4. The molecular weight excluding hydrogens is 765 g/mol. The number of carbonyl (C=O) groups excluding carboxylic acids is 1. The highest BCUT2D eigenvalue weighted by Gasteiger charge is 2.98. The third-order valence-corrected chi connectivity index (χ3v) is 23.6. The number of carbonyl (C=O) groups is 1. The Bertz CT molecular complexity index is 4020. The van der Waals surface area contributed by atoms with Crippen molar-refractivity contribution in [3.8, 4) is 0 Å². The van der Waals surface area contributed by atoms with Gasteiger partial charge in [-0.25, -0.2) is 0 Å². The smallest absolute Gasteiger partial charge is 0.305 e. The topological polar surface area (TPSA) is 26.3 Å². The van der Waals surface area contributed by atoms with Crippen molar-refractivity contribution in [1.29, 1.82) is 0 Å². The van der Waals surface area contributed by atoms with Crippen molar-refractivity contribution in [3.05, 3.63) is 132 Å². The van der Waals surface area contributed by atoms with Gasteiger partial charge in [0, 0.05) is 28.6 Å². The summed E-state index contributed by atoms with van der Waals surface area (Å²) in [6.45, 7) is 0. The average molecular weight is 807 g/mol. The first-order chi connectivity index (χ1) is 31.2. The second-order valence-corrected chi connectivity index (χ2v) is 24.1. The first-order valence-corrected chi connectivity index (χ1v) is 25.4. The Hall–Kier alpha value is -5.21. The van der Waals surface area contributed by atoms with Crippen molar-refractivity contribution in [2.24, 2.45) is 29.1 Å². The van der Waals surface area contributed by atoms with Crippen molar-refractivity contribution >= 4 is 76.6 Å². The van der Waals surface area contributed by atoms with E-state index in [4.69, 9.17) is 4.74 Å². The largest absolute Gasteiger partial charge is 0.469 e. The van der Waals surface area contributed by atoms with Gasteiger partial charge in [-0.05, 0) is 249 Å². The minimum Gasteiger partial charge on any atom is -0.469 e. The van der Waals surface area contributed by atoms with Crippen molar-refractivity contribution in [1.82, 2.24) is 0 Å². The molecule has 7 aromatic rings. The fourth-order valence-electron chi connectivity index (χ4n) is 23.4. The number of ether oxygens (including phenoxy) is 1. The van der Waals surface area contributed by atoms with Gasteiger partial charge in [-0.3, -0.25) is 4.79 Å². The second kappa shape index (κ2) is 8.20. The van der Waals surface area contributed by atoms with E-state index in [1.807, 2.05) is 55.7 Å². The Balaban J connectivity index is 1.09. The molecule has 0 aromatic heterocycles. The lowest BCUT2D eigenvalue weighted by molar-refractivity contribution is -0.140. The van der Waals surface area contributed by atoms with Crippen LogP contribution in [0.3, 0.4) is 0 Å². The number of rotatable bonds is 5. The lowest BCUT2D eigenvalue weighted by Crippen LogP contribution is -2.39. The van der Waals surface area contributed by atoms with E-state index in [-0.39, 0.29) is 22.2 Å². The van der Waals surface area contributed by atoms with Crippen LogP contribution in [0, 0.1) is 29.1 Å². The Morgan fingerprint density at radius 2 is 1.51 bits per heavy atom. The lowest BCUT2D eigenvalue weighted by atomic mass is 9.56. The standard InChI is InChI=1S/C61H42O2/c1-63-33(62)8-5-15-59(26-6-3-2-4-7-26)60-55-30-13-11-28-27-10-9-21-16-22-17-24-18-23-19-25-20-32-29-12-14-31(30)56(60)42(29)52-40(32)46-37(25)36(23)44-38(24)43-35(22)34(21)45-39(27)51(41(28)55)57-53-49(45)47(43)48(44)50(46)54(53)58(52)61(57,59)60/h2-4,6-7,12,14,20,22-23,27-31,42,56H,5,8-11,13,15-19H2,1H3. The van der Waals surface area contributed by atoms with E-state index >= 15 is 0 Å². The van der Waals surface area contributed by atoms with Crippen molar-refractivity contribution in [3.63, 3.8) is 0 Å². The zero-order valence-corrected chi connectivity index (χ0v) is 35.4. The van der Waals surface area contributed by atoms with E-state index in [1.54, 1.807) is 105 Å². The van der Waals surface area contributed by atoms with Crippen LogP contribution in [0.5, 0.6) is 0 Å². The normalized spacial score (nSPS) is 39.4. The SMILES string of the molecule is COC(=O)CCCC1(c2ccccc2)C23c4c5c6c7c8c9c%10c%11c%12c%13c%14c%15c%16cc%17c%18c(c2c(c4c7%11)c%12c%15%18)C2C%17C=CC4C7CCC(C5=C7C13C42)C6CCC=8CC9CC(=C%10%13)CC%14C%16. The monoisotopic (exact) mass is 806 g/mol. The van der Waals surface area contributed by atoms with Gasteiger partial charge < -0.3 is 4.74 Å². The molecule has 2 nitrogen and oxygen atoms in total. The van der Waals surface area contributed by atoms with Crippen LogP contribution >= 0.6 is 0 Å². The molecule has 22 rings (SSSR count). The molecule has 0 radical (unpaired) electrons. The quantitative estimate of drug-likeness (QED) is 0.0749. The Kier molecular flexibility index (Phi) is 3.91. The van der Waals surface area contributed by atoms with Gasteiger partial charge in [0.05, 0.1) is 7.11 Å². The summed E-state index contributed by atoms with van der Waals surface area (Å²) in [7, 11) is 1.60. The maximum atomic E-state index is 13.3. The van der Waals surface area contributed by atoms with Crippen LogP contribution in [-0.4, -0.2) is 13.1 Å². The van der Waals surface area contributed by atoms with E-state index in [2.05, 4.69) is 48.6 Å². The minimum atomic E-state index is -0.112. The Labute approximate surface area is 363 Å². The molecule has 2 saturated carbocycles. The molecular formula is C61H42O2. The summed E-state index contributed by atoms with van der Waals surface area (Å²) in [5.74, 6) is 5.31. The molecule has 0 bridgehead atoms. The maximum Gasteiger partial charge on any atom is 0.305 e. The molecule has 298 valence electrons. The highest BCUT2D eigenvalue weighted by atomic mass is 16.5. The zero-order chi connectivity index (χ0) is 39.6. The first-order valence-electron chi connectivity index (χ1n) is 25.4. The van der Waals surface area contributed by atoms with Gasteiger partial charge in [-0.15, -0.1) is 0 Å². The molecule has 0 heterocycles. The number of esters is 1. The van der Waals surface area contributed by atoms with Crippen molar-refractivity contribution in [2.75, 3.05) is 7.11 Å². The molecule has 15 aliphatic rings. The van der Waals surface area contributed by atoms with E-state index in [0.29, 0.717) is 59.7 Å². The minimum absolute atomic E-state index is 0.0268. The van der Waals surface area contributed by atoms with Crippen LogP contribution in [0.25, 0.3) is 70.6 Å². The van der Waals surface area contributed by atoms with Gasteiger partial charge in [0.2, 0.25) is 0 Å². The molecule has 15 aliphatic carbocycles. The van der Waals surface area contributed by atoms with Crippen LogP contribution in [-0.2, 0) is 26.8 Å². The summed E-state index contributed by atoms with van der Waals surface area (Å²) in [5, 5.41) is 19.2. The highest BCUT2D eigenvalue weighted by Crippen LogP contribution is 3.01. The summed E-state index contributed by atoms with van der Waals surface area (Å²) >= 11 is 0. The summed E-state index contributed by atoms with van der Waals surface area (Å²) in [6, 6.07) is 15.0. The van der Waals surface area contributed by atoms with Crippen LogP contribution in [0.4, 0.5) is 0 Å². The van der Waals surface area contributed by atoms with Gasteiger partial charge in [-0.2, -0.15) is 0 Å². The van der Waals surface area contributed by atoms with Crippen LogP contribution in [0.1, 0.15) is 161 Å². The Morgan fingerprint density at radius 3 is 2.40 bits per heavy atom. The summed E-state index contributed by atoms with van der Waals surface area (Å²) in [6.07, 6.45) is 18.6. The van der Waals surface area contributed by atoms with Gasteiger partial charge in [0.1, 0.15) is 0 Å². The van der Waals surface area contributed by atoms with Crippen LogP contribution in [0.2, 0.25) is 0 Å². The molecule has 63 heavy (non-hydrogen) atoms. The number of hydrogen-bond acceptors (Lipinski definition) is 2. The third-order valence-electron chi connectivity index (χ3n) is 23.6. The number of allylic oxidation sites excluding steroid dienone is 5. The molecule has 0 aliphatic heterocycles. The highest BCUT2D eigenvalue weighted by molar-refractivity contribution is 6.47. The number of benzene rings is 7. The van der Waals surface area contributed by atoms with Gasteiger partial charge in [0.15, 0.2) is 0 Å². The first kappa shape index (κ1) is 30.0. The Morgan fingerprint density at radius 1 is 0.714 bits per heavy atom. The molecule has 12 unspecified atom stereocenters. The second-order valence-electron chi connectivity index (χ2n) is 24.1. The molecule has 7 aromatic carbocycles. The summed E-state index contributed by atoms with van der Waals surface area (Å²) in [5.41, 5.74) is 30.5. The number of methoxy groups -OCH3 is 1. The molecule has 0 N–H and O–H groups in total. The van der Waals surface area contributed by atoms with E-state index in [1.165, 1.54) is 51.4 Å². The van der Waals surface area contributed by atoms with Crippen LogP contribution in [0.15, 0.2) is 59.7 Å². The van der Waals surface area contributed by atoms with Gasteiger partial charge >= 0.3 is 5.97 Å². The van der Waals surface area contributed by atoms with Crippen molar-refractivity contribution < 1.29 is 9.53 Å². The van der Waals surface area contributed by atoms with Gasteiger partial charge in [-0.1, -0.05) is 65.3 Å². The number of fused-ring (bicyclic) bond motifs is 3. The molecule has 2 fully saturated rings. The summed E-state index contributed by atoms with van der Waals surface area (Å²) in [4.78, 5) is 13.3. The van der Waals surface area contributed by atoms with Gasteiger partial charge in [0.25, 0.3) is 0 Å². The lowest BCUT2D eigenvalue weighted by Gasteiger charge is -2.46. The molecule has 2 heteroatoms. The predicted molar refractivity (Wildman–Crippen MR) is 247 cm³/mol.